The second kappa shape index (κ2) is 59.2. The molecule has 398 valence electrons. The summed E-state index contributed by atoms with van der Waals surface area (Å²) in [5.41, 5.74) is 0. The van der Waals surface area contributed by atoms with Crippen LogP contribution in [0.3, 0.4) is 0 Å². The first-order valence-electron chi connectivity index (χ1n) is 30.2. The highest BCUT2D eigenvalue weighted by molar-refractivity contribution is 5.69. The molecule has 0 saturated heterocycles. The van der Waals surface area contributed by atoms with Crippen molar-refractivity contribution in [2.24, 2.45) is 0 Å². The van der Waals surface area contributed by atoms with Gasteiger partial charge < -0.3 is 14.2 Å². The van der Waals surface area contributed by atoms with Crippen LogP contribution in [-0.4, -0.2) is 37.9 Å². The predicted molar refractivity (Wildman–Crippen MR) is 298 cm³/mol. The van der Waals surface area contributed by atoms with E-state index in [1.54, 1.807) is 0 Å². The Labute approximate surface area is 424 Å². The number of allylic oxidation sites excluding steroid dienone is 8. The van der Waals surface area contributed by atoms with Crippen LogP contribution in [0.4, 0.5) is 0 Å². The summed E-state index contributed by atoms with van der Waals surface area (Å²) in [5, 5.41) is 0. The SMILES string of the molecule is CC/C=C\C/C=C\C/C=C\CCCCCCCC(=O)OC[C@H](COC(=O)CCCCCCCCCCCCC/C=C\CCCCCCCC)OCCCCCCCCCCCCCCCCCC. The van der Waals surface area contributed by atoms with E-state index in [-0.39, 0.29) is 25.2 Å². The van der Waals surface area contributed by atoms with Gasteiger partial charge in [-0.3, -0.25) is 9.59 Å². The van der Waals surface area contributed by atoms with Gasteiger partial charge in [0, 0.05) is 19.4 Å². The number of esters is 2. The Morgan fingerprint density at radius 1 is 0.324 bits per heavy atom. The van der Waals surface area contributed by atoms with E-state index in [9.17, 15) is 9.59 Å². The Kier molecular flexibility index (Phi) is 57.3. The van der Waals surface area contributed by atoms with E-state index in [1.165, 1.54) is 212 Å². The molecule has 0 bridgehead atoms. The van der Waals surface area contributed by atoms with E-state index in [1.807, 2.05) is 0 Å². The van der Waals surface area contributed by atoms with Crippen LogP contribution >= 0.6 is 0 Å². The van der Waals surface area contributed by atoms with E-state index >= 15 is 0 Å². The number of hydrogen-bond acceptors (Lipinski definition) is 5. The Bertz CT molecular complexity index is 1120. The molecule has 0 saturated carbocycles. The lowest BCUT2D eigenvalue weighted by atomic mass is 10.0. The second-order valence-corrected chi connectivity index (χ2v) is 20.2. The summed E-state index contributed by atoms with van der Waals surface area (Å²) in [5.74, 6) is -0.339. The van der Waals surface area contributed by atoms with E-state index in [4.69, 9.17) is 14.2 Å². The summed E-state index contributed by atoms with van der Waals surface area (Å²) in [6.45, 7) is 7.65. The van der Waals surface area contributed by atoms with Gasteiger partial charge in [-0.2, -0.15) is 0 Å². The highest BCUT2D eigenvalue weighted by atomic mass is 16.6. The Balaban J connectivity index is 4.22. The Morgan fingerprint density at radius 3 is 0.956 bits per heavy atom. The smallest absolute Gasteiger partial charge is 0.305 e. The molecule has 0 aliphatic heterocycles. The summed E-state index contributed by atoms with van der Waals surface area (Å²) in [6.07, 6.45) is 74.5. The molecular formula is C63H116O5. The second-order valence-electron chi connectivity index (χ2n) is 20.2. The average molecular weight is 954 g/mol. The first-order chi connectivity index (χ1) is 33.6. The Morgan fingerprint density at radius 2 is 0.603 bits per heavy atom. The van der Waals surface area contributed by atoms with Crippen molar-refractivity contribution in [1.29, 1.82) is 0 Å². The van der Waals surface area contributed by atoms with Gasteiger partial charge in [-0.25, -0.2) is 0 Å². The first kappa shape index (κ1) is 65.9. The predicted octanol–water partition coefficient (Wildman–Crippen LogP) is 20.7. The summed E-state index contributed by atoms with van der Waals surface area (Å²) >= 11 is 0. The third kappa shape index (κ3) is 56.4. The largest absolute Gasteiger partial charge is 0.463 e. The van der Waals surface area contributed by atoms with Gasteiger partial charge in [-0.05, 0) is 77.0 Å². The molecule has 0 aromatic carbocycles. The molecule has 5 heteroatoms. The molecule has 0 rings (SSSR count). The number of carbonyl (C=O) groups is 2. The molecule has 0 spiro atoms. The maximum Gasteiger partial charge on any atom is 0.305 e. The van der Waals surface area contributed by atoms with Crippen molar-refractivity contribution in [2.45, 2.75) is 322 Å². The highest BCUT2D eigenvalue weighted by Crippen LogP contribution is 2.16. The average Bonchev–Trinajstić information content (AvgIpc) is 3.34. The molecule has 1 atom stereocenters. The van der Waals surface area contributed by atoms with Crippen molar-refractivity contribution in [3.8, 4) is 0 Å². The van der Waals surface area contributed by atoms with Gasteiger partial charge in [0.2, 0.25) is 0 Å². The van der Waals surface area contributed by atoms with Crippen LogP contribution in [0.2, 0.25) is 0 Å². The molecule has 0 aliphatic carbocycles. The standard InChI is InChI=1S/C63H116O5/c1-4-7-10-13-16-19-22-25-28-30-31-32-33-34-36-39-42-45-48-51-54-57-63(65)68-60-61(66-58-55-52-49-46-43-40-37-29-26-23-20-17-14-11-8-5-2)59-67-62(64)56-53-50-47-44-41-38-35-27-24-21-18-15-12-9-6-3/h9,12,18,21,25,27-28,35,61H,4-8,10-11,13-17,19-20,22-24,26,29-34,36-60H2,1-3H3/b12-9-,21-18-,28-25-,35-27-/t61-/m1/s1. The minimum atomic E-state index is -0.405. The van der Waals surface area contributed by atoms with Crippen molar-refractivity contribution >= 4 is 11.9 Å². The van der Waals surface area contributed by atoms with E-state index in [0.29, 0.717) is 19.4 Å². The molecule has 68 heavy (non-hydrogen) atoms. The fourth-order valence-electron chi connectivity index (χ4n) is 8.85. The number of hydrogen-bond donors (Lipinski definition) is 0. The van der Waals surface area contributed by atoms with Crippen molar-refractivity contribution in [2.75, 3.05) is 19.8 Å². The molecule has 0 radical (unpaired) electrons. The first-order valence-corrected chi connectivity index (χ1v) is 30.2. The molecule has 0 aromatic heterocycles. The van der Waals surface area contributed by atoms with Crippen LogP contribution in [0.1, 0.15) is 316 Å². The zero-order valence-corrected chi connectivity index (χ0v) is 45.9. The lowest BCUT2D eigenvalue weighted by molar-refractivity contribution is -0.155. The van der Waals surface area contributed by atoms with Gasteiger partial charge >= 0.3 is 11.9 Å². The molecule has 0 fully saturated rings. The van der Waals surface area contributed by atoms with Crippen molar-refractivity contribution in [1.82, 2.24) is 0 Å². The number of unbranched alkanes of at least 4 members (excludes halogenated alkanes) is 37. The summed E-state index contributed by atoms with van der Waals surface area (Å²) in [6, 6.07) is 0. The number of carbonyl (C=O) groups excluding carboxylic acids is 2. The lowest BCUT2D eigenvalue weighted by Crippen LogP contribution is -2.29. The maximum absolute atomic E-state index is 12.7. The van der Waals surface area contributed by atoms with Crippen LogP contribution in [0.15, 0.2) is 48.6 Å². The third-order valence-electron chi connectivity index (χ3n) is 13.4. The van der Waals surface area contributed by atoms with Gasteiger partial charge in [0.1, 0.15) is 19.3 Å². The topological polar surface area (TPSA) is 61.8 Å². The Hall–Kier alpha value is -2.14. The van der Waals surface area contributed by atoms with Crippen LogP contribution in [0.25, 0.3) is 0 Å². The molecule has 0 aromatic rings. The molecule has 0 unspecified atom stereocenters. The summed E-state index contributed by atoms with van der Waals surface area (Å²) < 4.78 is 17.5. The zero-order chi connectivity index (χ0) is 49.2. The van der Waals surface area contributed by atoms with Gasteiger partial charge in [0.15, 0.2) is 0 Å². The monoisotopic (exact) mass is 953 g/mol. The van der Waals surface area contributed by atoms with Crippen molar-refractivity contribution in [3.63, 3.8) is 0 Å². The van der Waals surface area contributed by atoms with Gasteiger partial charge in [0.05, 0.1) is 0 Å². The van der Waals surface area contributed by atoms with Crippen molar-refractivity contribution in [3.05, 3.63) is 48.6 Å². The van der Waals surface area contributed by atoms with E-state index < -0.39 is 6.10 Å². The summed E-state index contributed by atoms with van der Waals surface area (Å²) in [4.78, 5) is 25.3. The molecule has 0 N–H and O–H groups in total. The number of rotatable bonds is 56. The zero-order valence-electron chi connectivity index (χ0n) is 45.9. The van der Waals surface area contributed by atoms with Crippen LogP contribution in [0.5, 0.6) is 0 Å². The maximum atomic E-state index is 12.7. The van der Waals surface area contributed by atoms with E-state index in [2.05, 4.69) is 69.4 Å². The van der Waals surface area contributed by atoms with Crippen LogP contribution in [-0.2, 0) is 23.8 Å². The van der Waals surface area contributed by atoms with Crippen molar-refractivity contribution < 1.29 is 23.8 Å². The molecule has 5 nitrogen and oxygen atoms in total. The minimum Gasteiger partial charge on any atom is -0.463 e. The fraction of sp³-hybridized carbons (Fsp3) is 0.841. The third-order valence-corrected chi connectivity index (χ3v) is 13.4. The normalized spacial score (nSPS) is 12.5. The van der Waals surface area contributed by atoms with Gasteiger partial charge in [0.25, 0.3) is 0 Å². The summed E-state index contributed by atoms with van der Waals surface area (Å²) in [7, 11) is 0. The minimum absolute atomic E-state index is 0.151. The quantitative estimate of drug-likeness (QED) is 0.0345. The molecule has 0 heterocycles. The van der Waals surface area contributed by atoms with Crippen LogP contribution in [0, 0.1) is 0 Å². The molecular weight excluding hydrogens is 837 g/mol. The van der Waals surface area contributed by atoms with Crippen LogP contribution < -0.4 is 0 Å². The molecule has 0 aliphatic rings. The molecule has 0 amide bonds. The fourth-order valence-corrected chi connectivity index (χ4v) is 8.85. The lowest BCUT2D eigenvalue weighted by Gasteiger charge is -2.18. The van der Waals surface area contributed by atoms with Gasteiger partial charge in [-0.15, -0.1) is 0 Å². The van der Waals surface area contributed by atoms with Gasteiger partial charge in [-0.1, -0.05) is 275 Å². The highest BCUT2D eigenvalue weighted by Gasteiger charge is 2.16. The number of ether oxygens (including phenoxy) is 3. The van der Waals surface area contributed by atoms with E-state index in [0.717, 1.165) is 70.6 Å².